The molecule has 5 nitrogen and oxygen atoms in total. The summed E-state index contributed by atoms with van der Waals surface area (Å²) in [4.78, 5) is 12.5. The smallest absolute Gasteiger partial charge is 0.393 e. The molecule has 1 fully saturated rings. The fraction of sp³-hybridized carbons (Fsp3) is 0.692. The Bertz CT molecular complexity index is 513. The molecule has 1 aromatic heterocycles. The van der Waals surface area contributed by atoms with E-state index < -0.39 is 24.0 Å². The van der Waals surface area contributed by atoms with Crippen LogP contribution in [0.5, 0.6) is 0 Å². The number of hydrogen-bond donors (Lipinski definition) is 1. The average molecular weight is 305 g/mol. The first-order chi connectivity index (χ1) is 9.68. The van der Waals surface area contributed by atoms with Gasteiger partial charge in [0, 0.05) is 31.9 Å². The molecule has 2 heterocycles. The molecule has 1 N–H and O–H groups in total. The van der Waals surface area contributed by atoms with Crippen LogP contribution >= 0.6 is 0 Å². The minimum Gasteiger partial charge on any atom is -0.481 e. The quantitative estimate of drug-likeness (QED) is 0.926. The van der Waals surface area contributed by atoms with Crippen molar-refractivity contribution in [1.29, 1.82) is 0 Å². The lowest BCUT2D eigenvalue weighted by atomic mass is 9.96. The third-order valence-electron chi connectivity index (χ3n) is 3.71. The van der Waals surface area contributed by atoms with Crippen LogP contribution in [0.4, 0.5) is 13.2 Å². The summed E-state index contributed by atoms with van der Waals surface area (Å²) in [5, 5.41) is 13.2. The molecule has 0 saturated carbocycles. The normalized spacial score (nSPS) is 23.9. The zero-order chi connectivity index (χ0) is 15.8. The second kappa shape index (κ2) is 5.67. The lowest BCUT2D eigenvalue weighted by Gasteiger charge is -2.18. The van der Waals surface area contributed by atoms with E-state index in [0.717, 1.165) is 0 Å². The van der Waals surface area contributed by atoms with Gasteiger partial charge in [-0.25, -0.2) is 0 Å². The van der Waals surface area contributed by atoms with Gasteiger partial charge in [-0.15, -0.1) is 0 Å². The zero-order valence-corrected chi connectivity index (χ0v) is 11.8. The summed E-state index contributed by atoms with van der Waals surface area (Å²) in [6.45, 7) is 3.73. The Morgan fingerprint density at radius 2 is 2.14 bits per heavy atom. The molecule has 0 bridgehead atoms. The molecule has 2 rings (SSSR count). The number of alkyl halides is 3. The SMILES string of the molecule is CC(C)n1ccc(CN2C[C@@H](C(F)(F)F)[C@H](C(=O)O)C2)n1. The van der Waals surface area contributed by atoms with Crippen LogP contribution in [0, 0.1) is 11.8 Å². The van der Waals surface area contributed by atoms with Gasteiger partial charge in [-0.05, 0) is 19.9 Å². The number of carboxylic acid groups (broad SMARTS) is 1. The molecule has 0 spiro atoms. The van der Waals surface area contributed by atoms with Crippen LogP contribution in [0.15, 0.2) is 12.3 Å². The van der Waals surface area contributed by atoms with Crippen LogP contribution in [0.2, 0.25) is 0 Å². The van der Waals surface area contributed by atoms with Gasteiger partial charge in [0.1, 0.15) is 0 Å². The summed E-state index contributed by atoms with van der Waals surface area (Å²) in [6, 6.07) is 1.92. The summed E-state index contributed by atoms with van der Waals surface area (Å²) in [5.74, 6) is -4.62. The molecule has 21 heavy (non-hydrogen) atoms. The van der Waals surface area contributed by atoms with Gasteiger partial charge in [-0.3, -0.25) is 14.4 Å². The molecular formula is C13H18F3N3O2. The van der Waals surface area contributed by atoms with Crippen molar-refractivity contribution in [3.05, 3.63) is 18.0 Å². The van der Waals surface area contributed by atoms with E-state index in [1.807, 2.05) is 13.8 Å². The number of hydrogen-bond acceptors (Lipinski definition) is 3. The van der Waals surface area contributed by atoms with Gasteiger partial charge in [-0.1, -0.05) is 0 Å². The van der Waals surface area contributed by atoms with Gasteiger partial charge in [-0.2, -0.15) is 18.3 Å². The summed E-state index contributed by atoms with van der Waals surface area (Å²) in [6.07, 6.45) is -2.72. The predicted octanol–water partition coefficient (Wildman–Crippen LogP) is 2.16. The van der Waals surface area contributed by atoms with E-state index in [1.165, 1.54) is 4.90 Å². The number of carboxylic acids is 1. The van der Waals surface area contributed by atoms with Crippen LogP contribution < -0.4 is 0 Å². The highest BCUT2D eigenvalue weighted by Gasteiger charge is 2.52. The molecular weight excluding hydrogens is 287 g/mol. The van der Waals surface area contributed by atoms with Crippen molar-refractivity contribution in [2.45, 2.75) is 32.6 Å². The van der Waals surface area contributed by atoms with E-state index in [4.69, 9.17) is 5.11 Å². The van der Waals surface area contributed by atoms with Crippen molar-refractivity contribution >= 4 is 5.97 Å². The number of aromatic nitrogens is 2. The number of aliphatic carboxylic acids is 1. The lowest BCUT2D eigenvalue weighted by Crippen LogP contribution is -2.33. The summed E-state index contributed by atoms with van der Waals surface area (Å²) < 4.78 is 40.4. The molecule has 8 heteroatoms. The van der Waals surface area contributed by atoms with Crippen molar-refractivity contribution in [2.75, 3.05) is 13.1 Å². The predicted molar refractivity (Wildman–Crippen MR) is 68.6 cm³/mol. The average Bonchev–Trinajstić information content (AvgIpc) is 2.95. The van der Waals surface area contributed by atoms with E-state index in [1.54, 1.807) is 16.9 Å². The molecule has 0 amide bonds. The molecule has 0 radical (unpaired) electrons. The van der Waals surface area contributed by atoms with Crippen molar-refractivity contribution in [1.82, 2.24) is 14.7 Å². The Kier molecular flexibility index (Phi) is 4.27. The monoisotopic (exact) mass is 305 g/mol. The highest BCUT2D eigenvalue weighted by molar-refractivity contribution is 5.71. The van der Waals surface area contributed by atoms with Crippen LogP contribution in [0.25, 0.3) is 0 Å². The van der Waals surface area contributed by atoms with Crippen LogP contribution in [0.1, 0.15) is 25.6 Å². The van der Waals surface area contributed by atoms with Crippen molar-refractivity contribution in [3.8, 4) is 0 Å². The van der Waals surface area contributed by atoms with Gasteiger partial charge in [0.2, 0.25) is 0 Å². The molecule has 1 aliphatic heterocycles. The van der Waals surface area contributed by atoms with Crippen LogP contribution in [-0.2, 0) is 11.3 Å². The van der Waals surface area contributed by atoms with E-state index in [2.05, 4.69) is 5.10 Å². The Labute approximate surface area is 120 Å². The summed E-state index contributed by atoms with van der Waals surface area (Å²) in [7, 11) is 0. The fourth-order valence-corrected chi connectivity index (χ4v) is 2.57. The summed E-state index contributed by atoms with van der Waals surface area (Å²) >= 11 is 0. The molecule has 0 aliphatic carbocycles. The van der Waals surface area contributed by atoms with Gasteiger partial charge in [0.25, 0.3) is 0 Å². The molecule has 1 saturated heterocycles. The first-order valence-corrected chi connectivity index (χ1v) is 6.74. The Hall–Kier alpha value is -1.57. The Morgan fingerprint density at radius 1 is 1.48 bits per heavy atom. The minimum atomic E-state index is -4.49. The van der Waals surface area contributed by atoms with Crippen molar-refractivity contribution in [3.63, 3.8) is 0 Å². The standard InChI is InChI=1S/C13H18F3N3O2/c1-8(2)19-4-3-9(17-19)5-18-6-10(12(20)21)11(7-18)13(14,15)16/h3-4,8,10-11H,5-7H2,1-2H3,(H,20,21)/t10-,11-/m1/s1. The fourth-order valence-electron chi connectivity index (χ4n) is 2.57. The third kappa shape index (κ3) is 3.55. The van der Waals surface area contributed by atoms with Crippen LogP contribution in [0.3, 0.4) is 0 Å². The maximum atomic E-state index is 12.9. The van der Waals surface area contributed by atoms with Gasteiger partial charge in [0.05, 0.1) is 17.5 Å². The largest absolute Gasteiger partial charge is 0.481 e. The molecule has 0 aromatic carbocycles. The van der Waals surface area contributed by atoms with E-state index in [9.17, 15) is 18.0 Å². The Balaban J connectivity index is 2.06. The third-order valence-corrected chi connectivity index (χ3v) is 3.71. The Morgan fingerprint density at radius 3 is 2.57 bits per heavy atom. The van der Waals surface area contributed by atoms with E-state index in [0.29, 0.717) is 5.69 Å². The second-order valence-corrected chi connectivity index (χ2v) is 5.67. The number of halogens is 3. The second-order valence-electron chi connectivity index (χ2n) is 5.67. The van der Waals surface area contributed by atoms with E-state index in [-0.39, 0.29) is 25.7 Å². The van der Waals surface area contributed by atoms with Gasteiger partial charge < -0.3 is 5.11 Å². The molecule has 1 aliphatic rings. The number of likely N-dealkylation sites (tertiary alicyclic amines) is 1. The first kappa shape index (κ1) is 15.8. The van der Waals surface area contributed by atoms with Gasteiger partial charge in [0.15, 0.2) is 0 Å². The molecule has 0 unspecified atom stereocenters. The van der Waals surface area contributed by atoms with Crippen LogP contribution in [-0.4, -0.2) is 45.0 Å². The lowest BCUT2D eigenvalue weighted by molar-refractivity contribution is -0.188. The number of carbonyl (C=O) groups is 1. The van der Waals surface area contributed by atoms with Crippen molar-refractivity contribution < 1.29 is 23.1 Å². The highest BCUT2D eigenvalue weighted by atomic mass is 19.4. The van der Waals surface area contributed by atoms with Crippen molar-refractivity contribution in [2.24, 2.45) is 11.8 Å². The topological polar surface area (TPSA) is 58.4 Å². The van der Waals surface area contributed by atoms with Gasteiger partial charge >= 0.3 is 12.1 Å². The highest BCUT2D eigenvalue weighted by Crippen LogP contribution is 2.38. The zero-order valence-electron chi connectivity index (χ0n) is 11.8. The summed E-state index contributed by atoms with van der Waals surface area (Å²) in [5.41, 5.74) is 0.649. The number of nitrogens with zero attached hydrogens (tertiary/aromatic N) is 3. The first-order valence-electron chi connectivity index (χ1n) is 6.74. The number of rotatable bonds is 4. The molecule has 118 valence electrons. The van der Waals surface area contributed by atoms with E-state index >= 15 is 0 Å². The maximum absolute atomic E-state index is 12.9. The molecule has 2 atom stereocenters. The minimum absolute atomic E-state index is 0.103. The maximum Gasteiger partial charge on any atom is 0.393 e. The molecule has 1 aromatic rings.